The molecule has 0 unspecified atom stereocenters. The molecule has 1 aliphatic carbocycles. The van der Waals surface area contributed by atoms with Crippen molar-refractivity contribution in [3.05, 3.63) is 44.7 Å². The second kappa shape index (κ2) is 4.49. The monoisotopic (exact) mass is 321 g/mol. The van der Waals surface area contributed by atoms with E-state index in [2.05, 4.69) is 15.9 Å². The lowest BCUT2D eigenvalue weighted by molar-refractivity contribution is -0.136. The highest BCUT2D eigenvalue weighted by atomic mass is 79.9. The van der Waals surface area contributed by atoms with Crippen LogP contribution in [0, 0.1) is 0 Å². The van der Waals surface area contributed by atoms with Gasteiger partial charge in [0, 0.05) is 27.7 Å². The highest BCUT2D eigenvalue weighted by Crippen LogP contribution is 2.38. The van der Waals surface area contributed by atoms with E-state index in [0.717, 1.165) is 22.8 Å². The summed E-state index contributed by atoms with van der Waals surface area (Å²) in [6.45, 7) is 0. The zero-order valence-corrected chi connectivity index (χ0v) is 11.7. The highest BCUT2D eigenvalue weighted by Gasteiger charge is 2.27. The van der Waals surface area contributed by atoms with Crippen LogP contribution in [0.2, 0.25) is 0 Å². The molecule has 0 amide bonds. The number of halogens is 1. The Kier molecular flexibility index (Phi) is 2.93. The molecule has 1 aromatic carbocycles. The van der Waals surface area contributed by atoms with E-state index < -0.39 is 5.97 Å². The van der Waals surface area contributed by atoms with Gasteiger partial charge in [-0.15, -0.1) is 0 Å². The molecule has 1 saturated carbocycles. The molecule has 0 spiro atoms. The van der Waals surface area contributed by atoms with Crippen LogP contribution in [0.25, 0.3) is 10.9 Å². The van der Waals surface area contributed by atoms with Gasteiger partial charge in [0.05, 0.1) is 11.9 Å². The van der Waals surface area contributed by atoms with E-state index in [4.69, 9.17) is 5.11 Å². The Hall–Kier alpha value is -1.62. The zero-order chi connectivity index (χ0) is 13.6. The molecular formula is C14H12BrNO3. The van der Waals surface area contributed by atoms with Crippen LogP contribution >= 0.6 is 15.9 Å². The molecule has 1 heterocycles. The topological polar surface area (TPSA) is 59.3 Å². The van der Waals surface area contributed by atoms with E-state index in [1.54, 1.807) is 6.07 Å². The Morgan fingerprint density at radius 1 is 1.37 bits per heavy atom. The predicted octanol–water partition coefficient (Wildman–Crippen LogP) is 2.73. The van der Waals surface area contributed by atoms with Crippen molar-refractivity contribution < 1.29 is 9.90 Å². The molecule has 0 bridgehead atoms. The molecule has 0 atom stereocenters. The van der Waals surface area contributed by atoms with Crippen LogP contribution in [-0.4, -0.2) is 15.6 Å². The van der Waals surface area contributed by atoms with Crippen molar-refractivity contribution in [1.29, 1.82) is 0 Å². The summed E-state index contributed by atoms with van der Waals surface area (Å²) in [5.41, 5.74) is 1.30. The number of carbonyl (C=O) groups is 1. The fourth-order valence-electron chi connectivity index (χ4n) is 2.42. The van der Waals surface area contributed by atoms with Crippen molar-refractivity contribution >= 4 is 32.8 Å². The van der Waals surface area contributed by atoms with Gasteiger partial charge in [0.15, 0.2) is 5.43 Å². The number of aromatic nitrogens is 1. The number of benzene rings is 1. The SMILES string of the molecule is O=C(O)Cc1cc(=O)c2cc(Br)ccc2n1C1CC1. The summed E-state index contributed by atoms with van der Waals surface area (Å²) in [4.78, 5) is 23.0. The van der Waals surface area contributed by atoms with Crippen LogP contribution in [0.4, 0.5) is 0 Å². The number of carboxylic acids is 1. The second-order valence-corrected chi connectivity index (χ2v) is 5.75. The number of aliphatic carboxylic acids is 1. The Morgan fingerprint density at radius 2 is 2.11 bits per heavy atom. The normalized spacial score (nSPS) is 14.8. The molecule has 1 aromatic heterocycles. The van der Waals surface area contributed by atoms with Crippen molar-refractivity contribution in [2.75, 3.05) is 0 Å². The fraction of sp³-hybridized carbons (Fsp3) is 0.286. The van der Waals surface area contributed by atoms with Gasteiger partial charge in [-0.3, -0.25) is 9.59 Å². The number of rotatable bonds is 3. The molecular weight excluding hydrogens is 310 g/mol. The van der Waals surface area contributed by atoms with Gasteiger partial charge in [-0.2, -0.15) is 0 Å². The first kappa shape index (κ1) is 12.4. The van der Waals surface area contributed by atoms with Gasteiger partial charge in [0.1, 0.15) is 0 Å². The fourth-order valence-corrected chi connectivity index (χ4v) is 2.79. The number of fused-ring (bicyclic) bond motifs is 1. The third kappa shape index (κ3) is 2.30. The van der Waals surface area contributed by atoms with E-state index in [0.29, 0.717) is 17.1 Å². The lowest BCUT2D eigenvalue weighted by Gasteiger charge is -2.15. The van der Waals surface area contributed by atoms with Gasteiger partial charge < -0.3 is 9.67 Å². The van der Waals surface area contributed by atoms with Crippen LogP contribution in [0.15, 0.2) is 33.5 Å². The van der Waals surface area contributed by atoms with Gasteiger partial charge in [0.2, 0.25) is 0 Å². The van der Waals surface area contributed by atoms with Gasteiger partial charge in [-0.05, 0) is 31.0 Å². The van der Waals surface area contributed by atoms with Gasteiger partial charge in [-0.1, -0.05) is 15.9 Å². The van der Waals surface area contributed by atoms with Gasteiger partial charge in [0.25, 0.3) is 0 Å². The highest BCUT2D eigenvalue weighted by molar-refractivity contribution is 9.10. The summed E-state index contributed by atoms with van der Waals surface area (Å²) >= 11 is 3.36. The molecule has 98 valence electrons. The molecule has 2 aromatic rings. The molecule has 19 heavy (non-hydrogen) atoms. The molecule has 1 N–H and O–H groups in total. The van der Waals surface area contributed by atoms with E-state index >= 15 is 0 Å². The quantitative estimate of drug-likeness (QED) is 0.945. The number of nitrogens with zero attached hydrogens (tertiary/aromatic N) is 1. The van der Waals surface area contributed by atoms with Crippen molar-refractivity contribution in [2.24, 2.45) is 0 Å². The predicted molar refractivity (Wildman–Crippen MR) is 75.5 cm³/mol. The number of hydrogen-bond acceptors (Lipinski definition) is 2. The molecule has 0 aliphatic heterocycles. The third-order valence-corrected chi connectivity index (χ3v) is 3.83. The first-order chi connectivity index (χ1) is 9.06. The average molecular weight is 322 g/mol. The summed E-state index contributed by atoms with van der Waals surface area (Å²) < 4.78 is 2.86. The van der Waals surface area contributed by atoms with E-state index in [-0.39, 0.29) is 11.8 Å². The second-order valence-electron chi connectivity index (χ2n) is 4.83. The Bertz CT molecular complexity index is 731. The van der Waals surface area contributed by atoms with Gasteiger partial charge in [-0.25, -0.2) is 0 Å². The third-order valence-electron chi connectivity index (χ3n) is 3.34. The van der Waals surface area contributed by atoms with Crippen molar-refractivity contribution in [1.82, 2.24) is 4.57 Å². The molecule has 3 rings (SSSR count). The summed E-state index contributed by atoms with van der Waals surface area (Å²) in [6.07, 6.45) is 1.97. The summed E-state index contributed by atoms with van der Waals surface area (Å²) in [5.74, 6) is -0.912. The van der Waals surface area contributed by atoms with Crippen LogP contribution in [0.3, 0.4) is 0 Å². The van der Waals surface area contributed by atoms with Crippen LogP contribution in [0.5, 0.6) is 0 Å². The van der Waals surface area contributed by atoms with E-state index in [9.17, 15) is 9.59 Å². The van der Waals surface area contributed by atoms with Crippen LogP contribution in [0.1, 0.15) is 24.6 Å². The maximum atomic E-state index is 12.1. The van der Waals surface area contributed by atoms with E-state index in [1.165, 1.54) is 6.07 Å². The molecule has 1 aliphatic rings. The summed E-state index contributed by atoms with van der Waals surface area (Å²) in [7, 11) is 0. The van der Waals surface area contributed by atoms with Crippen LogP contribution < -0.4 is 5.43 Å². The standard InChI is InChI=1S/C14H12BrNO3/c15-8-1-4-12-11(5-8)13(17)6-10(7-14(18)19)16(12)9-2-3-9/h1,4-6,9H,2-3,7H2,(H,18,19). The number of pyridine rings is 1. The van der Waals surface area contributed by atoms with Gasteiger partial charge >= 0.3 is 5.97 Å². The molecule has 5 heteroatoms. The Morgan fingerprint density at radius 3 is 2.74 bits per heavy atom. The minimum atomic E-state index is -0.912. The molecule has 4 nitrogen and oxygen atoms in total. The summed E-state index contributed by atoms with van der Waals surface area (Å²) in [5, 5.41) is 9.61. The molecule has 0 radical (unpaired) electrons. The molecule has 0 saturated heterocycles. The maximum Gasteiger partial charge on any atom is 0.309 e. The lowest BCUT2D eigenvalue weighted by Crippen LogP contribution is -2.16. The first-order valence-corrected chi connectivity index (χ1v) is 6.91. The number of carboxylic acid groups (broad SMARTS) is 1. The van der Waals surface area contributed by atoms with Crippen molar-refractivity contribution in [3.63, 3.8) is 0 Å². The number of hydrogen-bond donors (Lipinski definition) is 1. The first-order valence-electron chi connectivity index (χ1n) is 6.12. The van der Waals surface area contributed by atoms with Crippen molar-refractivity contribution in [3.8, 4) is 0 Å². The van der Waals surface area contributed by atoms with Crippen LogP contribution in [-0.2, 0) is 11.2 Å². The van der Waals surface area contributed by atoms with Crippen molar-refractivity contribution in [2.45, 2.75) is 25.3 Å². The Balaban J connectivity index is 2.32. The minimum Gasteiger partial charge on any atom is -0.481 e. The maximum absolute atomic E-state index is 12.1. The van der Waals surface area contributed by atoms with E-state index in [1.807, 2.05) is 16.7 Å². The average Bonchev–Trinajstić information content (AvgIpc) is 3.13. The smallest absolute Gasteiger partial charge is 0.309 e. The largest absolute Gasteiger partial charge is 0.481 e. The minimum absolute atomic E-state index is 0.113. The Labute approximate surface area is 117 Å². The molecule has 1 fully saturated rings. The lowest BCUT2D eigenvalue weighted by atomic mass is 10.1. The summed E-state index contributed by atoms with van der Waals surface area (Å²) in [6, 6.07) is 7.34. The zero-order valence-electron chi connectivity index (χ0n) is 10.1.